The van der Waals surface area contributed by atoms with Gasteiger partial charge in [-0.2, -0.15) is 0 Å². The molecule has 0 aliphatic rings. The van der Waals surface area contributed by atoms with Gasteiger partial charge in [0.1, 0.15) is 11.6 Å². The van der Waals surface area contributed by atoms with Crippen molar-refractivity contribution in [1.29, 1.82) is 0 Å². The van der Waals surface area contributed by atoms with Gasteiger partial charge in [-0.25, -0.2) is 8.78 Å². The molecule has 0 bridgehead atoms. The third-order valence-corrected chi connectivity index (χ3v) is 2.88. The van der Waals surface area contributed by atoms with E-state index in [-0.39, 0.29) is 0 Å². The zero-order valence-corrected chi connectivity index (χ0v) is 7.49. The molecule has 0 atom stereocenters. The Morgan fingerprint density at radius 1 is 1.00 bits per heavy atom. The molecule has 0 spiro atoms. The highest BCUT2D eigenvalue weighted by Gasteiger charge is 2.04. The predicted octanol–water partition coefficient (Wildman–Crippen LogP) is 1.93. The molecule has 0 aliphatic heterocycles. The molecule has 0 saturated heterocycles. The van der Waals surface area contributed by atoms with Crippen LogP contribution in [-0.2, 0) is 0 Å². The van der Waals surface area contributed by atoms with Crippen LogP contribution in [0.25, 0.3) is 0 Å². The minimum Gasteiger partial charge on any atom is -0.207 e. The first kappa shape index (κ1) is 8.39. The third kappa shape index (κ3) is 2.12. The van der Waals surface area contributed by atoms with Gasteiger partial charge in [0.05, 0.1) is 8.80 Å². The molecule has 0 aliphatic carbocycles. The van der Waals surface area contributed by atoms with Crippen molar-refractivity contribution in [2.75, 3.05) is 0 Å². The van der Waals surface area contributed by atoms with Crippen LogP contribution in [0.4, 0.5) is 8.78 Å². The Morgan fingerprint density at radius 3 is 1.82 bits per heavy atom. The van der Waals surface area contributed by atoms with Gasteiger partial charge in [-0.15, -0.1) is 0 Å². The van der Waals surface area contributed by atoms with Gasteiger partial charge in [0.25, 0.3) is 0 Å². The zero-order valence-electron chi connectivity index (χ0n) is 6.49. The maximum Gasteiger partial charge on any atom is 0.125 e. The average molecular weight is 171 g/mol. The lowest BCUT2D eigenvalue weighted by atomic mass is 10.3. The summed E-state index contributed by atoms with van der Waals surface area (Å²) >= 11 is 0. The van der Waals surface area contributed by atoms with Crippen molar-refractivity contribution in [2.45, 2.75) is 13.1 Å². The molecule has 0 heterocycles. The van der Waals surface area contributed by atoms with Crippen LogP contribution in [0, 0.1) is 11.6 Å². The molecule has 11 heavy (non-hydrogen) atoms. The van der Waals surface area contributed by atoms with Crippen LogP contribution in [0.3, 0.4) is 0 Å². The van der Waals surface area contributed by atoms with Gasteiger partial charge in [-0.05, 0) is 12.1 Å². The van der Waals surface area contributed by atoms with E-state index in [1.165, 1.54) is 12.1 Å². The normalized spacial score (nSPS) is 10.6. The first-order valence-corrected chi connectivity index (χ1v) is 5.86. The fourth-order valence-corrected chi connectivity index (χ4v) is 1.70. The molecule has 0 N–H and O–H groups in total. The molecule has 3 heteroatoms. The Morgan fingerprint density at radius 2 is 1.45 bits per heavy atom. The Hall–Kier alpha value is -0.703. The van der Waals surface area contributed by atoms with E-state index in [0.717, 1.165) is 11.3 Å². The van der Waals surface area contributed by atoms with E-state index in [1.807, 2.05) is 13.1 Å². The molecule has 1 rings (SSSR count). The van der Waals surface area contributed by atoms with Gasteiger partial charge < -0.3 is 0 Å². The lowest BCUT2D eigenvalue weighted by Crippen LogP contribution is -2.23. The maximum absolute atomic E-state index is 12.6. The van der Waals surface area contributed by atoms with Gasteiger partial charge in [-0.1, -0.05) is 18.3 Å². The third-order valence-electron chi connectivity index (χ3n) is 1.44. The molecule has 1 radical (unpaired) electrons. The molecule has 1 aromatic carbocycles. The molecule has 59 valence electrons. The first-order chi connectivity index (χ1) is 5.09. The Labute approximate surface area is 66.5 Å². The molecule has 0 saturated carbocycles. The van der Waals surface area contributed by atoms with Crippen molar-refractivity contribution in [3.8, 4) is 0 Å². The van der Waals surface area contributed by atoms with Crippen LogP contribution >= 0.6 is 0 Å². The van der Waals surface area contributed by atoms with Gasteiger partial charge >= 0.3 is 0 Å². The molecule has 1 aromatic rings. The highest BCUT2D eigenvalue weighted by Crippen LogP contribution is 2.00. The monoisotopic (exact) mass is 171 g/mol. The second-order valence-corrected chi connectivity index (χ2v) is 5.24. The highest BCUT2D eigenvalue weighted by atomic mass is 28.3. The van der Waals surface area contributed by atoms with E-state index >= 15 is 0 Å². The molecule has 0 unspecified atom stereocenters. The fourth-order valence-electron chi connectivity index (χ4n) is 0.843. The van der Waals surface area contributed by atoms with E-state index in [1.54, 1.807) is 0 Å². The smallest absolute Gasteiger partial charge is 0.125 e. The van der Waals surface area contributed by atoms with Crippen molar-refractivity contribution in [2.24, 2.45) is 0 Å². The van der Waals surface area contributed by atoms with Crippen molar-refractivity contribution in [3.05, 3.63) is 29.8 Å². The van der Waals surface area contributed by atoms with Gasteiger partial charge in [0.2, 0.25) is 0 Å². The highest BCUT2D eigenvalue weighted by molar-refractivity contribution is 6.70. The van der Waals surface area contributed by atoms with Crippen LogP contribution in [0.15, 0.2) is 18.2 Å². The summed E-state index contributed by atoms with van der Waals surface area (Å²) in [7, 11) is -0.736. The first-order valence-electron chi connectivity index (χ1n) is 3.36. The molecular formula is C8H9F2Si. The van der Waals surface area contributed by atoms with Crippen LogP contribution < -0.4 is 5.19 Å². The second-order valence-electron chi connectivity index (χ2n) is 2.66. The topological polar surface area (TPSA) is 0 Å². The van der Waals surface area contributed by atoms with Crippen molar-refractivity contribution in [3.63, 3.8) is 0 Å². The summed E-state index contributed by atoms with van der Waals surface area (Å²) in [6.45, 7) is 4.00. The van der Waals surface area contributed by atoms with E-state index in [0.29, 0.717) is 0 Å². The second kappa shape index (κ2) is 3.13. The van der Waals surface area contributed by atoms with E-state index in [4.69, 9.17) is 0 Å². The lowest BCUT2D eigenvalue weighted by molar-refractivity contribution is 0.585. The van der Waals surface area contributed by atoms with Crippen LogP contribution in [-0.4, -0.2) is 8.80 Å². The lowest BCUT2D eigenvalue weighted by Gasteiger charge is -2.02. The fraction of sp³-hybridized carbons (Fsp3) is 0.250. The van der Waals surface area contributed by atoms with Crippen molar-refractivity contribution in [1.82, 2.24) is 0 Å². The van der Waals surface area contributed by atoms with Gasteiger partial charge in [-0.3, -0.25) is 0 Å². The predicted molar refractivity (Wildman–Crippen MR) is 43.5 cm³/mol. The minimum absolute atomic E-state index is 0.480. The Balaban J connectivity index is 3.08. The van der Waals surface area contributed by atoms with Gasteiger partial charge in [0.15, 0.2) is 0 Å². The van der Waals surface area contributed by atoms with E-state index in [9.17, 15) is 8.78 Å². The van der Waals surface area contributed by atoms with Crippen LogP contribution in [0.5, 0.6) is 0 Å². The Kier molecular flexibility index (Phi) is 2.39. The summed E-state index contributed by atoms with van der Waals surface area (Å²) in [5.74, 6) is -0.961. The number of rotatable bonds is 1. The molecular weight excluding hydrogens is 162 g/mol. The SMILES string of the molecule is C[Si](C)c1cc(F)cc(F)c1. The number of hydrogen-bond acceptors (Lipinski definition) is 0. The summed E-state index contributed by atoms with van der Waals surface area (Å²) in [5.41, 5.74) is 0. The molecule has 0 amide bonds. The largest absolute Gasteiger partial charge is 0.207 e. The van der Waals surface area contributed by atoms with Crippen LogP contribution in [0.2, 0.25) is 13.1 Å². The summed E-state index contributed by atoms with van der Waals surface area (Å²) in [6, 6.07) is 3.70. The summed E-state index contributed by atoms with van der Waals surface area (Å²) in [4.78, 5) is 0. The summed E-state index contributed by atoms with van der Waals surface area (Å²) < 4.78 is 25.1. The van der Waals surface area contributed by atoms with Gasteiger partial charge in [0, 0.05) is 6.07 Å². The summed E-state index contributed by atoms with van der Waals surface area (Å²) in [5, 5.41) is 0.799. The van der Waals surface area contributed by atoms with Crippen molar-refractivity contribution >= 4 is 14.0 Å². The number of benzene rings is 1. The summed E-state index contributed by atoms with van der Waals surface area (Å²) in [6.07, 6.45) is 0. The quantitative estimate of drug-likeness (QED) is 0.566. The molecule has 0 aromatic heterocycles. The average Bonchev–Trinajstić information content (AvgIpc) is 1.85. The van der Waals surface area contributed by atoms with Crippen molar-refractivity contribution < 1.29 is 8.78 Å². The maximum atomic E-state index is 12.6. The standard InChI is InChI=1S/C8H9F2Si/c1-11(2)8-4-6(9)3-7(10)5-8/h3-5H,1-2H3. The number of halogens is 2. The molecule has 0 nitrogen and oxygen atoms in total. The zero-order chi connectivity index (χ0) is 8.43. The van der Waals surface area contributed by atoms with E-state index < -0.39 is 20.4 Å². The minimum atomic E-state index is -0.736. The number of hydrogen-bond donors (Lipinski definition) is 0. The molecule has 0 fully saturated rings. The van der Waals surface area contributed by atoms with E-state index in [2.05, 4.69) is 0 Å². The Bertz CT molecular complexity index is 238. The van der Waals surface area contributed by atoms with Crippen LogP contribution in [0.1, 0.15) is 0 Å².